The van der Waals surface area contributed by atoms with Gasteiger partial charge >= 0.3 is 0 Å². The summed E-state index contributed by atoms with van der Waals surface area (Å²) in [6.45, 7) is 1.34. The van der Waals surface area contributed by atoms with Crippen molar-refractivity contribution < 1.29 is 9.59 Å². The molecule has 2 aromatic rings. The Kier molecular flexibility index (Phi) is 4.18. The van der Waals surface area contributed by atoms with Gasteiger partial charge in [-0.05, 0) is 42.2 Å². The molecule has 1 fully saturated rings. The van der Waals surface area contributed by atoms with Gasteiger partial charge in [0, 0.05) is 18.8 Å². The molecule has 130 valence electrons. The van der Waals surface area contributed by atoms with E-state index < -0.39 is 0 Å². The fourth-order valence-electron chi connectivity index (χ4n) is 3.58. The van der Waals surface area contributed by atoms with Crippen LogP contribution in [0.15, 0.2) is 48.5 Å². The molecule has 2 atom stereocenters. The van der Waals surface area contributed by atoms with Crippen LogP contribution in [0.5, 0.6) is 0 Å². The number of carbonyl (C=O) groups is 2. The number of anilines is 1. The summed E-state index contributed by atoms with van der Waals surface area (Å²) in [5.74, 6) is -0.564. The van der Waals surface area contributed by atoms with Crippen molar-refractivity contribution in [1.29, 1.82) is 5.26 Å². The van der Waals surface area contributed by atoms with Gasteiger partial charge in [0.15, 0.2) is 0 Å². The Bertz CT molecular complexity index is 915. The van der Waals surface area contributed by atoms with Crippen LogP contribution in [0.2, 0.25) is 0 Å². The van der Waals surface area contributed by atoms with E-state index in [1.54, 1.807) is 24.3 Å². The van der Waals surface area contributed by atoms with Crippen LogP contribution in [0.4, 0.5) is 5.69 Å². The third-order valence-electron chi connectivity index (χ3n) is 5.15. The van der Waals surface area contributed by atoms with E-state index in [0.29, 0.717) is 30.8 Å². The number of fused-ring (bicyclic) bond motifs is 1. The van der Waals surface area contributed by atoms with Crippen LogP contribution in [0.3, 0.4) is 0 Å². The smallest absolute Gasteiger partial charge is 0.228 e. The highest BCUT2D eigenvalue weighted by atomic mass is 16.2. The zero-order valence-corrected chi connectivity index (χ0v) is 14.3. The van der Waals surface area contributed by atoms with Crippen molar-refractivity contribution in [3.05, 3.63) is 65.2 Å². The van der Waals surface area contributed by atoms with Crippen LogP contribution in [-0.2, 0) is 22.6 Å². The first kappa shape index (κ1) is 16.3. The number of amides is 2. The highest BCUT2D eigenvalue weighted by Crippen LogP contribution is 2.41. The molecule has 0 saturated heterocycles. The van der Waals surface area contributed by atoms with Crippen molar-refractivity contribution in [3.8, 4) is 6.07 Å². The molecule has 5 nitrogen and oxygen atoms in total. The summed E-state index contributed by atoms with van der Waals surface area (Å²) in [5, 5.41) is 11.8. The molecule has 2 aliphatic rings. The number of rotatable bonds is 3. The standard InChI is InChI=1S/C21H19N3O2/c22-12-14-4-3-7-17(10-14)23-20(25)18-11-19(18)21(26)24-9-8-15-5-1-2-6-16(15)13-24/h1-7,10,18-19H,8-9,11,13H2,(H,23,25). The molecule has 0 aromatic heterocycles. The molecule has 2 aromatic carbocycles. The van der Waals surface area contributed by atoms with Crippen LogP contribution in [0, 0.1) is 23.2 Å². The molecule has 5 heteroatoms. The molecule has 4 rings (SSSR count). The maximum atomic E-state index is 12.7. The Balaban J connectivity index is 1.37. The Labute approximate surface area is 152 Å². The molecule has 2 unspecified atom stereocenters. The predicted molar refractivity (Wildman–Crippen MR) is 96.9 cm³/mol. The number of nitrogens with zero attached hydrogens (tertiary/aromatic N) is 2. The van der Waals surface area contributed by atoms with Gasteiger partial charge in [-0.1, -0.05) is 30.3 Å². The third-order valence-corrected chi connectivity index (χ3v) is 5.15. The van der Waals surface area contributed by atoms with Crippen molar-refractivity contribution in [3.63, 3.8) is 0 Å². The summed E-state index contributed by atoms with van der Waals surface area (Å²) in [6, 6.07) is 17.1. The van der Waals surface area contributed by atoms with Crippen LogP contribution < -0.4 is 5.32 Å². The quantitative estimate of drug-likeness (QED) is 0.929. The first-order chi connectivity index (χ1) is 12.7. The van der Waals surface area contributed by atoms with Crippen molar-refractivity contribution in [2.75, 3.05) is 11.9 Å². The monoisotopic (exact) mass is 345 g/mol. The van der Waals surface area contributed by atoms with Gasteiger partial charge in [0.1, 0.15) is 0 Å². The molecular formula is C21H19N3O2. The van der Waals surface area contributed by atoms with E-state index in [9.17, 15) is 9.59 Å². The molecule has 1 saturated carbocycles. The van der Waals surface area contributed by atoms with Crippen molar-refractivity contribution in [2.45, 2.75) is 19.4 Å². The lowest BCUT2D eigenvalue weighted by Gasteiger charge is -2.29. The second-order valence-electron chi connectivity index (χ2n) is 6.91. The molecule has 1 N–H and O–H groups in total. The Hall–Kier alpha value is -3.13. The maximum Gasteiger partial charge on any atom is 0.228 e. The molecule has 1 aliphatic carbocycles. The van der Waals surface area contributed by atoms with Gasteiger partial charge in [0.2, 0.25) is 11.8 Å². The summed E-state index contributed by atoms with van der Waals surface area (Å²) in [6.07, 6.45) is 1.47. The second-order valence-corrected chi connectivity index (χ2v) is 6.91. The number of benzene rings is 2. The number of nitriles is 1. The summed E-state index contributed by atoms with van der Waals surface area (Å²) in [4.78, 5) is 27.0. The van der Waals surface area contributed by atoms with E-state index in [1.807, 2.05) is 17.0 Å². The third kappa shape index (κ3) is 3.18. The maximum absolute atomic E-state index is 12.7. The lowest BCUT2D eigenvalue weighted by atomic mass is 9.99. The van der Waals surface area contributed by atoms with Crippen LogP contribution in [0.25, 0.3) is 0 Å². The minimum absolute atomic E-state index is 0.0745. The first-order valence-corrected chi connectivity index (χ1v) is 8.82. The van der Waals surface area contributed by atoms with Crippen LogP contribution in [0.1, 0.15) is 23.1 Å². The number of hydrogen-bond acceptors (Lipinski definition) is 3. The number of carbonyl (C=O) groups excluding carboxylic acids is 2. The largest absolute Gasteiger partial charge is 0.338 e. The zero-order valence-electron chi connectivity index (χ0n) is 14.3. The zero-order chi connectivity index (χ0) is 18.1. The second kappa shape index (κ2) is 6.64. The lowest BCUT2D eigenvalue weighted by molar-refractivity contribution is -0.135. The van der Waals surface area contributed by atoms with Gasteiger partial charge in [-0.3, -0.25) is 9.59 Å². The lowest BCUT2D eigenvalue weighted by Crippen LogP contribution is -2.37. The average Bonchev–Trinajstić information content (AvgIpc) is 3.48. The molecule has 0 radical (unpaired) electrons. The first-order valence-electron chi connectivity index (χ1n) is 8.82. The number of nitrogens with one attached hydrogen (secondary N) is 1. The fourth-order valence-corrected chi connectivity index (χ4v) is 3.58. The highest BCUT2D eigenvalue weighted by molar-refractivity contribution is 5.99. The van der Waals surface area contributed by atoms with Crippen molar-refractivity contribution in [2.24, 2.45) is 11.8 Å². The molecule has 1 aliphatic heterocycles. The average molecular weight is 345 g/mol. The summed E-state index contributed by atoms with van der Waals surface area (Å²) >= 11 is 0. The molecule has 2 amide bonds. The predicted octanol–water partition coefficient (Wildman–Crippen LogP) is 2.72. The van der Waals surface area contributed by atoms with Crippen LogP contribution in [-0.4, -0.2) is 23.3 Å². The molecule has 1 heterocycles. The van der Waals surface area contributed by atoms with E-state index in [-0.39, 0.29) is 23.7 Å². The Morgan fingerprint density at radius 1 is 1.08 bits per heavy atom. The number of hydrogen-bond donors (Lipinski definition) is 1. The Morgan fingerprint density at radius 2 is 1.88 bits per heavy atom. The van der Waals surface area contributed by atoms with E-state index in [1.165, 1.54) is 11.1 Å². The van der Waals surface area contributed by atoms with Crippen molar-refractivity contribution >= 4 is 17.5 Å². The molecule has 0 bridgehead atoms. The minimum atomic E-state index is -0.273. The Morgan fingerprint density at radius 3 is 2.69 bits per heavy atom. The summed E-state index contributed by atoms with van der Waals surface area (Å²) < 4.78 is 0. The van der Waals surface area contributed by atoms with E-state index in [0.717, 1.165) is 6.42 Å². The topological polar surface area (TPSA) is 73.2 Å². The van der Waals surface area contributed by atoms with Crippen molar-refractivity contribution in [1.82, 2.24) is 4.90 Å². The van der Waals surface area contributed by atoms with E-state index >= 15 is 0 Å². The normalized spacial score (nSPS) is 20.7. The van der Waals surface area contributed by atoms with Gasteiger partial charge in [0.25, 0.3) is 0 Å². The summed E-state index contributed by atoms with van der Waals surface area (Å²) in [5.41, 5.74) is 3.60. The van der Waals surface area contributed by atoms with Gasteiger partial charge in [0.05, 0.1) is 23.5 Å². The SMILES string of the molecule is N#Cc1cccc(NC(=O)C2CC2C(=O)N2CCc3ccccc3C2)c1. The van der Waals surface area contributed by atoms with Gasteiger partial charge in [-0.2, -0.15) is 5.26 Å². The molecule has 26 heavy (non-hydrogen) atoms. The molecule has 0 spiro atoms. The van der Waals surface area contributed by atoms with E-state index in [2.05, 4.69) is 23.5 Å². The minimum Gasteiger partial charge on any atom is -0.338 e. The van der Waals surface area contributed by atoms with Gasteiger partial charge < -0.3 is 10.2 Å². The highest BCUT2D eigenvalue weighted by Gasteiger charge is 2.49. The van der Waals surface area contributed by atoms with Crippen LogP contribution >= 0.6 is 0 Å². The van der Waals surface area contributed by atoms with Gasteiger partial charge in [-0.25, -0.2) is 0 Å². The summed E-state index contributed by atoms with van der Waals surface area (Å²) in [7, 11) is 0. The van der Waals surface area contributed by atoms with Gasteiger partial charge in [-0.15, -0.1) is 0 Å². The van der Waals surface area contributed by atoms with E-state index in [4.69, 9.17) is 5.26 Å². The fraction of sp³-hybridized carbons (Fsp3) is 0.286. The molecular weight excluding hydrogens is 326 g/mol.